The maximum Gasteiger partial charge on any atom is 0.335 e. The van der Waals surface area contributed by atoms with Crippen LogP contribution in [0.15, 0.2) is 60.2 Å². The van der Waals surface area contributed by atoms with Gasteiger partial charge in [0.1, 0.15) is 5.57 Å². The standard InChI is InChI=1S/C32H33N3O8/c1-6-13-42-25-12-10-22(17-28(25)41-5)35-31(38)23(30(37)34-32(35)39)15-21-9-11-26(27(16-21)40-4)43-18-29(36)33-24-14-19(2)7-8-20(24)3/h7-12,14-17H,6,13,18H2,1-5H3,(H,33,36)(H,34,37,39)/b23-15-. The summed E-state index contributed by atoms with van der Waals surface area (Å²) >= 11 is 0. The van der Waals surface area contributed by atoms with Crippen molar-refractivity contribution < 1.29 is 38.1 Å². The number of barbiturate groups is 1. The molecule has 1 fully saturated rings. The maximum atomic E-state index is 13.4. The van der Waals surface area contributed by atoms with Gasteiger partial charge in [-0.15, -0.1) is 0 Å². The molecule has 43 heavy (non-hydrogen) atoms. The molecule has 11 heteroatoms. The molecule has 4 rings (SSSR count). The number of hydrogen-bond acceptors (Lipinski definition) is 8. The van der Waals surface area contributed by atoms with Gasteiger partial charge in [-0.3, -0.25) is 19.7 Å². The minimum absolute atomic E-state index is 0.196. The first-order valence-electron chi connectivity index (χ1n) is 13.5. The first-order chi connectivity index (χ1) is 20.6. The van der Waals surface area contributed by atoms with Crippen molar-refractivity contribution in [1.29, 1.82) is 0 Å². The van der Waals surface area contributed by atoms with Crippen molar-refractivity contribution in [2.24, 2.45) is 0 Å². The summed E-state index contributed by atoms with van der Waals surface area (Å²) in [5, 5.41) is 5.03. The Kier molecular flexibility index (Phi) is 9.66. The highest BCUT2D eigenvalue weighted by Crippen LogP contribution is 2.34. The fourth-order valence-electron chi connectivity index (χ4n) is 4.28. The molecule has 0 saturated carbocycles. The zero-order chi connectivity index (χ0) is 31.1. The number of nitrogens with one attached hydrogen (secondary N) is 2. The number of amides is 5. The van der Waals surface area contributed by atoms with E-state index >= 15 is 0 Å². The molecular formula is C32H33N3O8. The number of aryl methyl sites for hydroxylation is 2. The van der Waals surface area contributed by atoms with Crippen molar-refractivity contribution in [2.75, 3.05) is 37.7 Å². The van der Waals surface area contributed by atoms with Gasteiger partial charge in [0, 0.05) is 11.8 Å². The Hall–Kier alpha value is -5.32. The molecule has 1 heterocycles. The normalized spacial score (nSPS) is 13.9. The molecule has 2 N–H and O–H groups in total. The Morgan fingerprint density at radius 1 is 0.884 bits per heavy atom. The van der Waals surface area contributed by atoms with E-state index < -0.39 is 17.8 Å². The van der Waals surface area contributed by atoms with Gasteiger partial charge in [0.05, 0.1) is 26.5 Å². The molecule has 3 aromatic rings. The number of hydrogen-bond donors (Lipinski definition) is 2. The van der Waals surface area contributed by atoms with Gasteiger partial charge in [0.25, 0.3) is 17.7 Å². The molecule has 1 saturated heterocycles. The van der Waals surface area contributed by atoms with Gasteiger partial charge in [-0.1, -0.05) is 25.1 Å². The van der Waals surface area contributed by atoms with Crippen molar-refractivity contribution in [3.63, 3.8) is 0 Å². The molecule has 1 aliphatic heterocycles. The van der Waals surface area contributed by atoms with Gasteiger partial charge in [0.2, 0.25) is 0 Å². The van der Waals surface area contributed by atoms with E-state index in [9.17, 15) is 19.2 Å². The van der Waals surface area contributed by atoms with E-state index in [2.05, 4.69) is 10.6 Å². The maximum absolute atomic E-state index is 13.4. The number of methoxy groups -OCH3 is 2. The fourth-order valence-corrected chi connectivity index (χ4v) is 4.28. The third-order valence-electron chi connectivity index (χ3n) is 6.49. The molecule has 0 unspecified atom stereocenters. The lowest BCUT2D eigenvalue weighted by Crippen LogP contribution is -2.54. The van der Waals surface area contributed by atoms with Crippen LogP contribution in [0.5, 0.6) is 23.0 Å². The molecule has 224 valence electrons. The van der Waals surface area contributed by atoms with Crippen molar-refractivity contribution in [3.8, 4) is 23.0 Å². The Morgan fingerprint density at radius 2 is 1.58 bits per heavy atom. The lowest BCUT2D eigenvalue weighted by atomic mass is 10.1. The van der Waals surface area contributed by atoms with Gasteiger partial charge in [-0.2, -0.15) is 0 Å². The van der Waals surface area contributed by atoms with Crippen LogP contribution in [0, 0.1) is 13.8 Å². The third kappa shape index (κ3) is 7.13. The Balaban J connectivity index is 1.52. The number of imide groups is 2. The van der Waals surface area contributed by atoms with E-state index in [1.807, 2.05) is 39.0 Å². The molecule has 0 aromatic heterocycles. The molecule has 3 aromatic carbocycles. The van der Waals surface area contributed by atoms with Crippen molar-refractivity contribution in [1.82, 2.24) is 5.32 Å². The van der Waals surface area contributed by atoms with Crippen LogP contribution in [0.3, 0.4) is 0 Å². The summed E-state index contributed by atoms with van der Waals surface area (Å²) in [6.07, 6.45) is 2.13. The van der Waals surface area contributed by atoms with Crippen LogP contribution in [0.25, 0.3) is 6.08 Å². The first kappa shape index (κ1) is 30.6. The number of benzene rings is 3. The molecule has 0 radical (unpaired) electrons. The van der Waals surface area contributed by atoms with Gasteiger partial charge in [-0.25, -0.2) is 9.69 Å². The summed E-state index contributed by atoms with van der Waals surface area (Å²) < 4.78 is 22.1. The van der Waals surface area contributed by atoms with Gasteiger partial charge in [0.15, 0.2) is 29.6 Å². The third-order valence-corrected chi connectivity index (χ3v) is 6.49. The van der Waals surface area contributed by atoms with Crippen molar-refractivity contribution in [2.45, 2.75) is 27.2 Å². The number of carbonyl (C=O) groups is 4. The lowest BCUT2D eigenvalue weighted by Gasteiger charge is -2.27. The molecule has 0 aliphatic carbocycles. The predicted octanol–water partition coefficient (Wildman–Crippen LogP) is 4.79. The highest BCUT2D eigenvalue weighted by Gasteiger charge is 2.37. The van der Waals surface area contributed by atoms with Crippen LogP contribution in [-0.2, 0) is 14.4 Å². The topological polar surface area (TPSA) is 132 Å². The van der Waals surface area contributed by atoms with E-state index in [0.29, 0.717) is 29.4 Å². The highest BCUT2D eigenvalue weighted by molar-refractivity contribution is 6.39. The van der Waals surface area contributed by atoms with E-state index in [1.54, 1.807) is 24.3 Å². The largest absolute Gasteiger partial charge is 0.493 e. The average molecular weight is 588 g/mol. The molecular weight excluding hydrogens is 554 g/mol. The smallest absolute Gasteiger partial charge is 0.335 e. The van der Waals surface area contributed by atoms with Crippen LogP contribution < -0.4 is 34.5 Å². The van der Waals surface area contributed by atoms with E-state index in [0.717, 1.165) is 22.4 Å². The SMILES string of the molecule is CCCOc1ccc(N2C(=O)NC(=O)/C(=C/c3ccc(OCC(=O)Nc4cc(C)ccc4C)c(OC)c3)C2=O)cc1OC. The van der Waals surface area contributed by atoms with Crippen LogP contribution in [0.2, 0.25) is 0 Å². The lowest BCUT2D eigenvalue weighted by molar-refractivity contribution is -0.122. The quantitative estimate of drug-likeness (QED) is 0.242. The highest BCUT2D eigenvalue weighted by atomic mass is 16.5. The molecule has 0 atom stereocenters. The van der Waals surface area contributed by atoms with Crippen molar-refractivity contribution in [3.05, 3.63) is 76.9 Å². The number of nitrogens with zero attached hydrogens (tertiary/aromatic N) is 1. The van der Waals surface area contributed by atoms with Gasteiger partial charge < -0.3 is 24.3 Å². The first-order valence-corrected chi connectivity index (χ1v) is 13.5. The van der Waals surface area contributed by atoms with Gasteiger partial charge in [-0.05, 0) is 73.4 Å². The van der Waals surface area contributed by atoms with E-state index in [4.69, 9.17) is 18.9 Å². The van der Waals surface area contributed by atoms with E-state index in [-0.39, 0.29) is 35.3 Å². The van der Waals surface area contributed by atoms with Crippen LogP contribution in [0.1, 0.15) is 30.0 Å². The second-order valence-electron chi connectivity index (χ2n) is 9.71. The summed E-state index contributed by atoms with van der Waals surface area (Å²) in [6.45, 7) is 5.99. The second kappa shape index (κ2) is 13.6. The average Bonchev–Trinajstić information content (AvgIpc) is 2.99. The number of anilines is 2. The molecule has 11 nitrogen and oxygen atoms in total. The monoisotopic (exact) mass is 587 g/mol. The zero-order valence-corrected chi connectivity index (χ0v) is 24.6. The number of carbonyl (C=O) groups excluding carboxylic acids is 4. The minimum atomic E-state index is -0.892. The fraction of sp³-hybridized carbons (Fsp3) is 0.250. The molecule has 1 aliphatic rings. The zero-order valence-electron chi connectivity index (χ0n) is 24.6. The Morgan fingerprint density at radius 3 is 2.30 bits per heavy atom. The molecule has 0 spiro atoms. The summed E-state index contributed by atoms with van der Waals surface area (Å²) in [5.41, 5.74) is 2.99. The number of urea groups is 1. The van der Waals surface area contributed by atoms with E-state index in [1.165, 1.54) is 32.4 Å². The minimum Gasteiger partial charge on any atom is -0.493 e. The Labute approximate surface area is 249 Å². The number of rotatable bonds is 11. The van der Waals surface area contributed by atoms with Crippen LogP contribution in [-0.4, -0.2) is 51.2 Å². The molecule has 5 amide bonds. The van der Waals surface area contributed by atoms with Crippen LogP contribution >= 0.6 is 0 Å². The summed E-state index contributed by atoms with van der Waals surface area (Å²) in [4.78, 5) is 52.2. The van der Waals surface area contributed by atoms with Gasteiger partial charge >= 0.3 is 6.03 Å². The van der Waals surface area contributed by atoms with Crippen LogP contribution in [0.4, 0.5) is 16.2 Å². The number of ether oxygens (including phenoxy) is 4. The predicted molar refractivity (Wildman–Crippen MR) is 161 cm³/mol. The summed E-state index contributed by atoms with van der Waals surface area (Å²) in [7, 11) is 2.87. The molecule has 0 bridgehead atoms. The van der Waals surface area contributed by atoms with Crippen molar-refractivity contribution >= 4 is 41.2 Å². The Bertz CT molecular complexity index is 1600. The second-order valence-corrected chi connectivity index (χ2v) is 9.71. The summed E-state index contributed by atoms with van der Waals surface area (Å²) in [6, 6.07) is 14.2. The summed E-state index contributed by atoms with van der Waals surface area (Å²) in [5.74, 6) is -0.659.